The summed E-state index contributed by atoms with van der Waals surface area (Å²) in [6, 6.07) is 9.01. The van der Waals surface area contributed by atoms with Gasteiger partial charge in [-0.25, -0.2) is 0 Å². The van der Waals surface area contributed by atoms with Gasteiger partial charge in [-0.1, -0.05) is 18.2 Å². The molecule has 0 aliphatic carbocycles. The molecule has 1 saturated heterocycles. The molecule has 4 nitrogen and oxygen atoms in total. The Morgan fingerprint density at radius 3 is 2.52 bits per heavy atom. The molecule has 29 heavy (non-hydrogen) atoms. The van der Waals surface area contributed by atoms with Gasteiger partial charge in [-0.3, -0.25) is 9.78 Å². The van der Waals surface area contributed by atoms with Crippen molar-refractivity contribution in [1.29, 1.82) is 0 Å². The molecule has 0 unspecified atom stereocenters. The lowest BCUT2D eigenvalue weighted by Crippen LogP contribution is -2.40. The summed E-state index contributed by atoms with van der Waals surface area (Å²) in [5.74, 6) is 0.440. The Labute approximate surface area is 169 Å². The number of alkyl halides is 3. The molecule has 1 fully saturated rings. The van der Waals surface area contributed by atoms with Crippen LogP contribution in [0.1, 0.15) is 34.3 Å². The van der Waals surface area contributed by atoms with Crippen LogP contribution in [-0.2, 0) is 12.6 Å². The fourth-order valence-electron chi connectivity index (χ4n) is 3.77. The molecule has 0 N–H and O–H groups in total. The van der Waals surface area contributed by atoms with Gasteiger partial charge in [-0.2, -0.15) is 13.2 Å². The molecule has 0 saturated carbocycles. The van der Waals surface area contributed by atoms with E-state index in [-0.39, 0.29) is 5.91 Å². The van der Waals surface area contributed by atoms with Gasteiger partial charge in [0.2, 0.25) is 0 Å². The van der Waals surface area contributed by atoms with Crippen LogP contribution in [0, 0.1) is 5.92 Å². The zero-order chi connectivity index (χ0) is 20.9. The minimum atomic E-state index is -4.30. The summed E-state index contributed by atoms with van der Waals surface area (Å²) in [5, 5.41) is 0. The molecule has 1 aliphatic rings. The van der Waals surface area contributed by atoms with Crippen molar-refractivity contribution < 1.29 is 18.0 Å². The smallest absolute Gasteiger partial charge is 0.341 e. The van der Waals surface area contributed by atoms with E-state index in [1.807, 2.05) is 7.05 Å². The van der Waals surface area contributed by atoms with Crippen molar-refractivity contribution in [3.63, 3.8) is 0 Å². The molecule has 0 radical (unpaired) electrons. The summed E-state index contributed by atoms with van der Waals surface area (Å²) in [7, 11) is 1.82. The Morgan fingerprint density at radius 1 is 1.17 bits per heavy atom. The molecule has 156 valence electrons. The van der Waals surface area contributed by atoms with E-state index in [9.17, 15) is 18.0 Å². The van der Waals surface area contributed by atoms with Crippen molar-refractivity contribution in [1.82, 2.24) is 14.8 Å². The number of piperidine rings is 1. The zero-order valence-corrected chi connectivity index (χ0v) is 16.5. The maximum absolute atomic E-state index is 12.8. The van der Waals surface area contributed by atoms with E-state index in [1.165, 1.54) is 12.1 Å². The second-order valence-corrected chi connectivity index (χ2v) is 7.65. The lowest BCUT2D eigenvalue weighted by atomic mass is 9.95. The Morgan fingerprint density at radius 2 is 1.86 bits per heavy atom. The second kappa shape index (κ2) is 9.39. The second-order valence-electron chi connectivity index (χ2n) is 7.65. The average Bonchev–Trinajstić information content (AvgIpc) is 2.73. The third-order valence-electron chi connectivity index (χ3n) is 5.48. The molecule has 0 atom stereocenters. The molecule has 2 heterocycles. The fourth-order valence-corrected chi connectivity index (χ4v) is 3.77. The maximum Gasteiger partial charge on any atom is 0.416 e. The van der Waals surface area contributed by atoms with E-state index in [0.29, 0.717) is 30.0 Å². The Balaban J connectivity index is 1.43. The minimum absolute atomic E-state index is 0.000578. The van der Waals surface area contributed by atoms with Gasteiger partial charge in [0.15, 0.2) is 0 Å². The Kier molecular flexibility index (Phi) is 6.90. The van der Waals surface area contributed by atoms with Crippen molar-refractivity contribution in [2.24, 2.45) is 5.92 Å². The lowest BCUT2D eigenvalue weighted by molar-refractivity contribution is -0.137. The summed E-state index contributed by atoms with van der Waals surface area (Å²) in [6.45, 7) is 3.27. The van der Waals surface area contributed by atoms with E-state index < -0.39 is 11.7 Å². The van der Waals surface area contributed by atoms with Crippen LogP contribution >= 0.6 is 0 Å². The van der Waals surface area contributed by atoms with E-state index >= 15 is 0 Å². The van der Waals surface area contributed by atoms with E-state index in [1.54, 1.807) is 35.5 Å². The van der Waals surface area contributed by atoms with Crippen LogP contribution < -0.4 is 0 Å². The number of hydrogen-bond donors (Lipinski definition) is 0. The van der Waals surface area contributed by atoms with Gasteiger partial charge in [0.25, 0.3) is 5.91 Å². The summed E-state index contributed by atoms with van der Waals surface area (Å²) < 4.78 is 38.5. The molecule has 0 bridgehead atoms. The van der Waals surface area contributed by atoms with Gasteiger partial charge < -0.3 is 9.80 Å². The van der Waals surface area contributed by atoms with Gasteiger partial charge in [0, 0.05) is 38.1 Å². The molecule has 1 aromatic carbocycles. The largest absolute Gasteiger partial charge is 0.416 e. The standard InChI is InChI=1S/C22H26F3N3O/c1-27(21(29)19-5-10-26-11-6-19)16-18-8-13-28(14-9-18)12-7-17-3-2-4-20(15-17)22(23,24)25/h2-6,10-11,15,18H,7-9,12-14,16H2,1H3. The van der Waals surface area contributed by atoms with Crippen LogP contribution in [0.4, 0.5) is 13.2 Å². The van der Waals surface area contributed by atoms with Gasteiger partial charge in [0.1, 0.15) is 0 Å². The number of nitrogens with zero attached hydrogens (tertiary/aromatic N) is 3. The molecular formula is C22H26F3N3O. The molecule has 7 heteroatoms. The lowest BCUT2D eigenvalue weighted by Gasteiger charge is -2.34. The summed E-state index contributed by atoms with van der Waals surface area (Å²) in [5.41, 5.74) is 0.765. The first-order chi connectivity index (χ1) is 13.8. The van der Waals surface area contributed by atoms with Gasteiger partial charge in [0.05, 0.1) is 5.56 Å². The van der Waals surface area contributed by atoms with Crippen molar-refractivity contribution in [2.75, 3.05) is 33.2 Å². The molecule has 3 rings (SSSR count). The molecule has 0 spiro atoms. The third kappa shape index (κ3) is 6.03. The van der Waals surface area contributed by atoms with Crippen LogP contribution in [0.2, 0.25) is 0 Å². The zero-order valence-electron chi connectivity index (χ0n) is 16.5. The highest BCUT2D eigenvalue weighted by molar-refractivity contribution is 5.93. The minimum Gasteiger partial charge on any atom is -0.341 e. The molecule has 1 aromatic heterocycles. The molecule has 1 amide bonds. The SMILES string of the molecule is CN(CC1CCN(CCc2cccc(C(F)(F)F)c2)CC1)C(=O)c1ccncc1. The Hall–Kier alpha value is -2.41. The quantitative estimate of drug-likeness (QED) is 0.725. The number of amides is 1. The summed E-state index contributed by atoms with van der Waals surface area (Å²) >= 11 is 0. The number of halogens is 3. The summed E-state index contributed by atoms with van der Waals surface area (Å²) in [6.07, 6.45) is 1.50. The first-order valence-corrected chi connectivity index (χ1v) is 9.87. The number of carbonyl (C=O) groups is 1. The monoisotopic (exact) mass is 405 g/mol. The van der Waals surface area contributed by atoms with Crippen LogP contribution in [0.15, 0.2) is 48.8 Å². The van der Waals surface area contributed by atoms with Gasteiger partial charge in [-0.15, -0.1) is 0 Å². The van der Waals surface area contributed by atoms with Crippen molar-refractivity contribution in [2.45, 2.75) is 25.4 Å². The summed E-state index contributed by atoms with van der Waals surface area (Å²) in [4.78, 5) is 20.4. The van der Waals surface area contributed by atoms with Crippen molar-refractivity contribution in [3.8, 4) is 0 Å². The topological polar surface area (TPSA) is 36.4 Å². The van der Waals surface area contributed by atoms with Gasteiger partial charge >= 0.3 is 6.18 Å². The van der Waals surface area contributed by atoms with Crippen LogP contribution in [-0.4, -0.2) is 53.9 Å². The fraction of sp³-hybridized carbons (Fsp3) is 0.455. The number of pyridine rings is 1. The first kappa shape index (κ1) is 21.3. The number of likely N-dealkylation sites (tertiary alicyclic amines) is 1. The van der Waals surface area contributed by atoms with E-state index in [0.717, 1.165) is 38.5 Å². The number of benzene rings is 1. The highest BCUT2D eigenvalue weighted by Gasteiger charge is 2.30. The first-order valence-electron chi connectivity index (χ1n) is 9.87. The number of hydrogen-bond acceptors (Lipinski definition) is 3. The van der Waals surface area contributed by atoms with Gasteiger partial charge in [-0.05, 0) is 62.0 Å². The predicted octanol–water partition coefficient (Wildman–Crippen LogP) is 4.13. The number of aromatic nitrogens is 1. The number of rotatable bonds is 6. The normalized spacial score (nSPS) is 16.0. The average molecular weight is 405 g/mol. The van der Waals surface area contributed by atoms with E-state index in [2.05, 4.69) is 9.88 Å². The third-order valence-corrected chi connectivity index (χ3v) is 5.48. The molecule has 2 aromatic rings. The number of carbonyl (C=O) groups excluding carboxylic acids is 1. The highest BCUT2D eigenvalue weighted by atomic mass is 19.4. The van der Waals surface area contributed by atoms with Crippen molar-refractivity contribution >= 4 is 5.91 Å². The van der Waals surface area contributed by atoms with E-state index in [4.69, 9.17) is 0 Å². The highest BCUT2D eigenvalue weighted by Crippen LogP contribution is 2.29. The van der Waals surface area contributed by atoms with Crippen LogP contribution in [0.5, 0.6) is 0 Å². The molecular weight excluding hydrogens is 379 g/mol. The van der Waals surface area contributed by atoms with Crippen molar-refractivity contribution in [3.05, 3.63) is 65.5 Å². The van der Waals surface area contributed by atoms with Crippen LogP contribution in [0.3, 0.4) is 0 Å². The molecule has 1 aliphatic heterocycles. The maximum atomic E-state index is 12.8. The van der Waals surface area contributed by atoms with Crippen LogP contribution in [0.25, 0.3) is 0 Å². The Bertz CT molecular complexity index is 802. The predicted molar refractivity (Wildman–Crippen MR) is 106 cm³/mol.